The molecule has 0 radical (unpaired) electrons. The van der Waals surface area contributed by atoms with E-state index in [-0.39, 0.29) is 0 Å². The van der Waals surface area contributed by atoms with E-state index in [9.17, 15) is 0 Å². The van der Waals surface area contributed by atoms with E-state index in [2.05, 4.69) is 77.8 Å². The molecule has 8 aromatic rings. The van der Waals surface area contributed by atoms with Crippen LogP contribution in [0.25, 0.3) is 78.4 Å². The molecule has 5 nitrogen and oxygen atoms in total. The van der Waals surface area contributed by atoms with Gasteiger partial charge in [0.25, 0.3) is 0 Å². The molecular formula is C38H24N4O. The lowest BCUT2D eigenvalue weighted by atomic mass is 9.99. The number of hydrogen-bond acceptors (Lipinski definition) is 5. The number of benzene rings is 5. The standard InChI is InChI=1S/C38H24N4O/c1-3-8-25(9-4-1)26-14-16-27(17-15-26)28-18-20-30(21-19-28)37-40-36(29-10-5-2-6-11-29)41-38(42-37)31-12-7-13-34-35(31)32-24-39-23-22-33(32)43-34/h1-24H. The smallest absolute Gasteiger partial charge is 0.164 e. The van der Waals surface area contributed by atoms with Gasteiger partial charge in [0.15, 0.2) is 17.5 Å². The van der Waals surface area contributed by atoms with Crippen molar-refractivity contribution in [3.8, 4) is 56.4 Å². The summed E-state index contributed by atoms with van der Waals surface area (Å²) in [6.07, 6.45) is 3.57. The highest BCUT2D eigenvalue weighted by molar-refractivity contribution is 6.11. The first kappa shape index (κ1) is 24.8. The van der Waals surface area contributed by atoms with Crippen LogP contribution >= 0.6 is 0 Å². The second kappa shape index (κ2) is 10.5. The summed E-state index contributed by atoms with van der Waals surface area (Å²) in [5, 5.41) is 1.87. The van der Waals surface area contributed by atoms with Crippen LogP contribution in [-0.2, 0) is 0 Å². The molecule has 8 rings (SSSR count). The molecule has 0 aliphatic rings. The third-order valence-corrected chi connectivity index (χ3v) is 7.67. The van der Waals surface area contributed by atoms with E-state index in [0.717, 1.165) is 49.8 Å². The zero-order chi connectivity index (χ0) is 28.6. The number of furan rings is 1. The average molecular weight is 553 g/mol. The molecule has 0 atom stereocenters. The van der Waals surface area contributed by atoms with Gasteiger partial charge in [-0.15, -0.1) is 0 Å². The first-order chi connectivity index (χ1) is 21.3. The number of aromatic nitrogens is 4. The highest BCUT2D eigenvalue weighted by atomic mass is 16.3. The second-order valence-electron chi connectivity index (χ2n) is 10.3. The van der Waals surface area contributed by atoms with Crippen LogP contribution in [0.4, 0.5) is 0 Å². The lowest BCUT2D eigenvalue weighted by Crippen LogP contribution is -2.00. The Hall–Kier alpha value is -5.94. The quantitative estimate of drug-likeness (QED) is 0.213. The number of pyridine rings is 1. The largest absolute Gasteiger partial charge is 0.456 e. The van der Waals surface area contributed by atoms with Crippen molar-refractivity contribution in [1.29, 1.82) is 0 Å². The summed E-state index contributed by atoms with van der Waals surface area (Å²) in [6.45, 7) is 0. The summed E-state index contributed by atoms with van der Waals surface area (Å²) in [4.78, 5) is 19.2. The topological polar surface area (TPSA) is 64.7 Å². The van der Waals surface area contributed by atoms with E-state index in [4.69, 9.17) is 19.4 Å². The third-order valence-electron chi connectivity index (χ3n) is 7.67. The maximum absolute atomic E-state index is 6.12. The molecule has 0 N–H and O–H groups in total. The van der Waals surface area contributed by atoms with Crippen molar-refractivity contribution in [3.63, 3.8) is 0 Å². The Morgan fingerprint density at radius 2 is 0.907 bits per heavy atom. The highest BCUT2D eigenvalue weighted by Gasteiger charge is 2.17. The normalized spacial score (nSPS) is 11.3. The Kier molecular flexibility index (Phi) is 6.05. The number of hydrogen-bond donors (Lipinski definition) is 0. The molecule has 202 valence electrons. The number of fused-ring (bicyclic) bond motifs is 3. The van der Waals surface area contributed by atoms with Crippen LogP contribution in [0.1, 0.15) is 0 Å². The van der Waals surface area contributed by atoms with E-state index >= 15 is 0 Å². The van der Waals surface area contributed by atoms with E-state index in [1.54, 1.807) is 6.20 Å². The van der Waals surface area contributed by atoms with Gasteiger partial charge in [0.05, 0.1) is 0 Å². The fraction of sp³-hybridized carbons (Fsp3) is 0. The number of rotatable bonds is 5. The Balaban J connectivity index is 1.22. The SMILES string of the molecule is c1ccc(-c2ccc(-c3ccc(-c4nc(-c5ccccc5)nc(-c5cccc6oc7ccncc7c56)n4)cc3)cc2)cc1. The van der Waals surface area contributed by atoms with Crippen molar-refractivity contribution in [2.45, 2.75) is 0 Å². The maximum atomic E-state index is 6.12. The minimum atomic E-state index is 0.585. The van der Waals surface area contributed by atoms with Crippen molar-refractivity contribution in [1.82, 2.24) is 19.9 Å². The lowest BCUT2D eigenvalue weighted by molar-refractivity contribution is 0.668. The molecule has 0 aliphatic carbocycles. The fourth-order valence-corrected chi connectivity index (χ4v) is 5.50. The van der Waals surface area contributed by atoms with Crippen LogP contribution in [0.15, 0.2) is 150 Å². The van der Waals surface area contributed by atoms with Crippen molar-refractivity contribution >= 4 is 21.9 Å². The maximum Gasteiger partial charge on any atom is 0.164 e. The van der Waals surface area contributed by atoms with Crippen molar-refractivity contribution < 1.29 is 4.42 Å². The van der Waals surface area contributed by atoms with Crippen LogP contribution < -0.4 is 0 Å². The second-order valence-corrected chi connectivity index (χ2v) is 10.3. The first-order valence-electron chi connectivity index (χ1n) is 14.1. The van der Waals surface area contributed by atoms with Crippen molar-refractivity contribution in [2.75, 3.05) is 0 Å². The van der Waals surface area contributed by atoms with Gasteiger partial charge in [0.1, 0.15) is 11.2 Å². The minimum absolute atomic E-state index is 0.585. The van der Waals surface area contributed by atoms with E-state index in [1.807, 2.05) is 66.9 Å². The average Bonchev–Trinajstić information content (AvgIpc) is 3.48. The summed E-state index contributed by atoms with van der Waals surface area (Å²) in [6, 6.07) is 45.3. The van der Waals surface area contributed by atoms with E-state index < -0.39 is 0 Å². The third kappa shape index (κ3) is 4.63. The van der Waals surface area contributed by atoms with Crippen molar-refractivity contribution in [2.24, 2.45) is 0 Å². The van der Waals surface area contributed by atoms with Crippen LogP contribution in [-0.4, -0.2) is 19.9 Å². The van der Waals surface area contributed by atoms with Gasteiger partial charge in [-0.2, -0.15) is 0 Å². The summed E-state index contributed by atoms with van der Waals surface area (Å²) < 4.78 is 6.12. The zero-order valence-electron chi connectivity index (χ0n) is 23.1. The molecular weight excluding hydrogens is 528 g/mol. The molecule has 0 amide bonds. The van der Waals surface area contributed by atoms with Gasteiger partial charge >= 0.3 is 0 Å². The summed E-state index contributed by atoms with van der Waals surface area (Å²) in [5.74, 6) is 1.81. The molecule has 0 unspecified atom stereocenters. The van der Waals surface area contributed by atoms with Crippen molar-refractivity contribution in [3.05, 3.63) is 146 Å². The summed E-state index contributed by atoms with van der Waals surface area (Å²) in [5.41, 5.74) is 8.95. The Bertz CT molecular complexity index is 2210. The molecule has 0 saturated carbocycles. The van der Waals surface area contributed by atoms with Gasteiger partial charge in [-0.1, -0.05) is 121 Å². The van der Waals surface area contributed by atoms with Gasteiger partial charge in [0, 0.05) is 39.9 Å². The molecule has 5 heteroatoms. The Morgan fingerprint density at radius 3 is 1.53 bits per heavy atom. The minimum Gasteiger partial charge on any atom is -0.456 e. The van der Waals surface area contributed by atoms with Crippen LogP contribution in [0.2, 0.25) is 0 Å². The zero-order valence-corrected chi connectivity index (χ0v) is 23.1. The fourth-order valence-electron chi connectivity index (χ4n) is 5.50. The molecule has 5 aromatic carbocycles. The summed E-state index contributed by atoms with van der Waals surface area (Å²) in [7, 11) is 0. The van der Waals surface area contributed by atoms with E-state index in [1.165, 1.54) is 11.1 Å². The van der Waals surface area contributed by atoms with Gasteiger partial charge in [-0.25, -0.2) is 15.0 Å². The molecule has 0 aliphatic heterocycles. The Labute approximate surface area is 248 Å². The molecule has 0 fully saturated rings. The van der Waals surface area contributed by atoms with Crippen LogP contribution in [0.3, 0.4) is 0 Å². The van der Waals surface area contributed by atoms with Gasteiger partial charge in [-0.3, -0.25) is 4.98 Å². The highest BCUT2D eigenvalue weighted by Crippen LogP contribution is 2.36. The monoisotopic (exact) mass is 552 g/mol. The molecule has 43 heavy (non-hydrogen) atoms. The molecule has 3 aromatic heterocycles. The summed E-state index contributed by atoms with van der Waals surface area (Å²) >= 11 is 0. The molecule has 0 bridgehead atoms. The predicted molar refractivity (Wildman–Crippen MR) is 172 cm³/mol. The van der Waals surface area contributed by atoms with Crippen LogP contribution in [0, 0.1) is 0 Å². The Morgan fingerprint density at radius 1 is 0.395 bits per heavy atom. The predicted octanol–water partition coefficient (Wildman–Crippen LogP) is 9.50. The molecule has 0 saturated heterocycles. The van der Waals surface area contributed by atoms with Crippen LogP contribution in [0.5, 0.6) is 0 Å². The van der Waals surface area contributed by atoms with Gasteiger partial charge in [0.2, 0.25) is 0 Å². The molecule has 0 spiro atoms. The number of nitrogens with zero attached hydrogens (tertiary/aromatic N) is 4. The van der Waals surface area contributed by atoms with E-state index in [0.29, 0.717) is 17.5 Å². The van der Waals surface area contributed by atoms with Gasteiger partial charge in [-0.05, 0) is 34.4 Å². The first-order valence-corrected chi connectivity index (χ1v) is 14.1. The lowest BCUT2D eigenvalue weighted by Gasteiger charge is -2.10. The molecule has 3 heterocycles. The van der Waals surface area contributed by atoms with Gasteiger partial charge < -0.3 is 4.42 Å².